The van der Waals surface area contributed by atoms with E-state index in [0.717, 1.165) is 5.56 Å². The van der Waals surface area contributed by atoms with Crippen molar-refractivity contribution in [1.82, 2.24) is 0 Å². The Morgan fingerprint density at radius 2 is 1.67 bits per heavy atom. The number of rotatable bonds is 10. The number of carbonyl (C=O) groups is 2. The summed E-state index contributed by atoms with van der Waals surface area (Å²) in [5.41, 5.74) is -0.500. The van der Waals surface area contributed by atoms with Gasteiger partial charge in [-0.15, -0.1) is 0 Å². The third kappa shape index (κ3) is 6.74. The zero-order chi connectivity index (χ0) is 20.4. The first-order valence-corrected chi connectivity index (χ1v) is 10.6. The van der Waals surface area contributed by atoms with Gasteiger partial charge in [-0.25, -0.2) is 4.21 Å². The van der Waals surface area contributed by atoms with Crippen LogP contribution in [0, 0.1) is 12.3 Å². The molecule has 0 spiro atoms. The van der Waals surface area contributed by atoms with Gasteiger partial charge in [-0.05, 0) is 43.8 Å². The lowest BCUT2D eigenvalue weighted by atomic mass is 9.81. The lowest BCUT2D eigenvalue weighted by Gasteiger charge is -2.27. The number of hydrogen-bond acceptors (Lipinski definition) is 5. The van der Waals surface area contributed by atoms with Crippen molar-refractivity contribution in [2.75, 3.05) is 13.2 Å². The van der Waals surface area contributed by atoms with E-state index in [4.69, 9.17) is 9.47 Å². The van der Waals surface area contributed by atoms with E-state index < -0.39 is 28.2 Å². The van der Waals surface area contributed by atoms with Gasteiger partial charge >= 0.3 is 11.9 Å². The molecule has 0 saturated carbocycles. The SMILES string of the molecule is C=C(Br)CC(C/C=C/S(=O)c1ccc(C)cc1)(C(=O)OCC)C(=O)OCC. The van der Waals surface area contributed by atoms with Crippen molar-refractivity contribution in [1.29, 1.82) is 0 Å². The lowest BCUT2D eigenvalue weighted by Crippen LogP contribution is -2.42. The zero-order valence-electron chi connectivity index (χ0n) is 15.8. The molecule has 0 bridgehead atoms. The summed E-state index contributed by atoms with van der Waals surface area (Å²) < 4.78 is 23.1. The molecule has 0 aliphatic carbocycles. The minimum atomic E-state index is -1.57. The molecule has 1 unspecified atom stereocenters. The molecule has 0 aliphatic rings. The summed E-state index contributed by atoms with van der Waals surface area (Å²) in [6.45, 7) is 9.29. The fraction of sp³-hybridized carbons (Fsp3) is 0.400. The van der Waals surface area contributed by atoms with Gasteiger partial charge in [-0.2, -0.15) is 0 Å². The van der Waals surface area contributed by atoms with Crippen LogP contribution in [0.2, 0.25) is 0 Å². The van der Waals surface area contributed by atoms with E-state index in [-0.39, 0.29) is 26.1 Å². The van der Waals surface area contributed by atoms with Crippen LogP contribution in [0.4, 0.5) is 0 Å². The average Bonchev–Trinajstić information content (AvgIpc) is 2.61. The average molecular weight is 457 g/mol. The number of esters is 2. The highest BCUT2D eigenvalue weighted by atomic mass is 79.9. The van der Waals surface area contributed by atoms with Gasteiger partial charge in [0.2, 0.25) is 0 Å². The predicted octanol–water partition coefficient (Wildman–Crippen LogP) is 4.42. The first kappa shape index (κ1) is 23.3. The fourth-order valence-electron chi connectivity index (χ4n) is 2.42. The first-order valence-electron chi connectivity index (χ1n) is 8.58. The fourth-order valence-corrected chi connectivity index (χ4v) is 3.73. The Morgan fingerprint density at radius 3 is 2.11 bits per heavy atom. The smallest absolute Gasteiger partial charge is 0.324 e. The minimum Gasteiger partial charge on any atom is -0.465 e. The first-order chi connectivity index (χ1) is 12.8. The molecular weight excluding hydrogens is 432 g/mol. The largest absolute Gasteiger partial charge is 0.465 e. The van der Waals surface area contributed by atoms with E-state index in [9.17, 15) is 13.8 Å². The Hall–Kier alpha value is -1.73. The number of benzene rings is 1. The minimum absolute atomic E-state index is 0.00706. The molecule has 1 rings (SSSR count). The van der Waals surface area contributed by atoms with Crippen molar-refractivity contribution in [3.63, 3.8) is 0 Å². The van der Waals surface area contributed by atoms with E-state index in [1.165, 1.54) is 5.41 Å². The molecule has 1 atom stereocenters. The van der Waals surface area contributed by atoms with E-state index in [1.807, 2.05) is 19.1 Å². The summed E-state index contributed by atoms with van der Waals surface area (Å²) in [5, 5.41) is 1.47. The summed E-state index contributed by atoms with van der Waals surface area (Å²) in [7, 11) is -1.39. The topological polar surface area (TPSA) is 69.7 Å². The van der Waals surface area contributed by atoms with E-state index in [2.05, 4.69) is 22.5 Å². The van der Waals surface area contributed by atoms with E-state index in [0.29, 0.717) is 9.38 Å². The van der Waals surface area contributed by atoms with Crippen LogP contribution in [0.15, 0.2) is 51.7 Å². The second-order valence-corrected chi connectivity index (χ2v) is 8.36. The summed E-state index contributed by atoms with van der Waals surface area (Å²) in [6, 6.07) is 7.30. The Bertz CT molecular complexity index is 706. The molecule has 0 saturated heterocycles. The standard InChI is InChI=1S/C20H25BrO5S/c1-5-25-18(22)20(14-16(4)21,19(23)26-6-2)12-7-13-27(24)17-10-8-15(3)9-11-17/h7-11,13H,4-6,12,14H2,1-3H3/b13-7+. The molecule has 0 N–H and O–H groups in total. The van der Waals surface area contributed by atoms with Gasteiger partial charge in [-0.3, -0.25) is 9.59 Å². The van der Waals surface area contributed by atoms with Crippen molar-refractivity contribution in [2.24, 2.45) is 5.41 Å². The molecule has 7 heteroatoms. The molecule has 0 heterocycles. The molecular formula is C20H25BrO5S. The highest BCUT2D eigenvalue weighted by Crippen LogP contribution is 2.36. The van der Waals surface area contributed by atoms with Gasteiger partial charge in [0.05, 0.1) is 24.0 Å². The molecule has 1 aromatic carbocycles. The molecule has 1 aromatic rings. The van der Waals surface area contributed by atoms with Crippen molar-refractivity contribution in [2.45, 2.75) is 38.5 Å². The van der Waals surface area contributed by atoms with E-state index >= 15 is 0 Å². The molecule has 0 amide bonds. The monoisotopic (exact) mass is 456 g/mol. The third-order valence-electron chi connectivity index (χ3n) is 3.77. The molecule has 0 radical (unpaired) electrons. The number of halogens is 1. The van der Waals surface area contributed by atoms with Crippen LogP contribution in [-0.4, -0.2) is 29.4 Å². The van der Waals surface area contributed by atoms with Crippen molar-refractivity contribution < 1.29 is 23.3 Å². The lowest BCUT2D eigenvalue weighted by molar-refractivity contribution is -0.171. The number of carbonyl (C=O) groups excluding carboxylic acids is 2. The summed E-state index contributed by atoms with van der Waals surface area (Å²) in [4.78, 5) is 25.8. The highest BCUT2D eigenvalue weighted by Gasteiger charge is 2.48. The zero-order valence-corrected chi connectivity index (χ0v) is 18.2. The van der Waals surface area contributed by atoms with Gasteiger partial charge in [0.25, 0.3) is 0 Å². The number of ether oxygens (including phenoxy) is 2. The second-order valence-electron chi connectivity index (χ2n) is 5.90. The number of hydrogen-bond donors (Lipinski definition) is 0. The normalized spacial score (nSPS) is 12.6. The Kier molecular flexibility index (Phi) is 9.66. The maximum Gasteiger partial charge on any atom is 0.324 e. The van der Waals surface area contributed by atoms with E-state index in [1.54, 1.807) is 32.1 Å². The second kappa shape index (κ2) is 11.2. The van der Waals surface area contributed by atoms with Crippen LogP contribution in [0.5, 0.6) is 0 Å². The molecule has 0 fully saturated rings. The summed E-state index contributed by atoms with van der Waals surface area (Å²) in [5.74, 6) is -1.37. The summed E-state index contributed by atoms with van der Waals surface area (Å²) >= 11 is 3.22. The van der Waals surface area contributed by atoms with Gasteiger partial charge in [0.15, 0.2) is 5.41 Å². The summed E-state index contributed by atoms with van der Waals surface area (Å²) in [6.07, 6.45) is 1.57. The molecule has 0 aliphatic heterocycles. The molecule has 0 aromatic heterocycles. The number of allylic oxidation sites excluding steroid dienone is 2. The van der Waals surface area contributed by atoms with Gasteiger partial charge in [-0.1, -0.05) is 46.3 Å². The Balaban J connectivity index is 3.11. The third-order valence-corrected chi connectivity index (χ3v) is 5.22. The van der Waals surface area contributed by atoms with Crippen molar-refractivity contribution in [3.05, 3.63) is 52.4 Å². The molecule has 148 valence electrons. The van der Waals surface area contributed by atoms with Gasteiger partial charge in [0.1, 0.15) is 0 Å². The molecule has 27 heavy (non-hydrogen) atoms. The quantitative estimate of drug-likeness (QED) is 0.384. The van der Waals surface area contributed by atoms with Crippen LogP contribution < -0.4 is 0 Å². The van der Waals surface area contributed by atoms with Crippen LogP contribution in [0.25, 0.3) is 0 Å². The molecule has 5 nitrogen and oxygen atoms in total. The maximum atomic E-state index is 12.6. The Labute approximate surface area is 171 Å². The number of aryl methyl sites for hydroxylation is 1. The predicted molar refractivity (Wildman–Crippen MR) is 110 cm³/mol. The van der Waals surface area contributed by atoms with Crippen molar-refractivity contribution in [3.8, 4) is 0 Å². The van der Waals surface area contributed by atoms with Crippen LogP contribution in [0.3, 0.4) is 0 Å². The van der Waals surface area contributed by atoms with Crippen molar-refractivity contribution >= 4 is 38.7 Å². The van der Waals surface area contributed by atoms with Crippen LogP contribution >= 0.6 is 15.9 Å². The van der Waals surface area contributed by atoms with Crippen LogP contribution in [0.1, 0.15) is 32.3 Å². The maximum absolute atomic E-state index is 12.6. The Morgan fingerprint density at radius 1 is 1.15 bits per heavy atom. The van der Waals surface area contributed by atoms with Gasteiger partial charge in [0, 0.05) is 16.7 Å². The highest BCUT2D eigenvalue weighted by molar-refractivity contribution is 9.11. The van der Waals surface area contributed by atoms with Crippen LogP contribution in [-0.2, 0) is 29.9 Å². The van der Waals surface area contributed by atoms with Gasteiger partial charge < -0.3 is 9.47 Å².